The summed E-state index contributed by atoms with van der Waals surface area (Å²) in [5, 5.41) is 2.88. The maximum absolute atomic E-state index is 11.5. The number of amides is 1. The number of benzene rings is 1. The highest BCUT2D eigenvalue weighted by Crippen LogP contribution is 2.16. The SMILES string of the molecule is CC[C@@H](C)NC(=O)/C=C/c1ccccc1Br. The van der Waals surface area contributed by atoms with Gasteiger partial charge in [0.25, 0.3) is 0 Å². The molecular weight excluding hydrogens is 266 g/mol. The number of carbonyl (C=O) groups excluding carboxylic acids is 1. The number of halogens is 1. The molecule has 0 aliphatic carbocycles. The highest BCUT2D eigenvalue weighted by atomic mass is 79.9. The molecule has 3 heteroatoms. The number of carbonyl (C=O) groups is 1. The monoisotopic (exact) mass is 281 g/mol. The van der Waals surface area contributed by atoms with Crippen LogP contribution in [-0.4, -0.2) is 11.9 Å². The second kappa shape index (κ2) is 6.48. The van der Waals surface area contributed by atoms with Gasteiger partial charge in [-0.2, -0.15) is 0 Å². The largest absolute Gasteiger partial charge is 0.350 e. The van der Waals surface area contributed by atoms with E-state index >= 15 is 0 Å². The smallest absolute Gasteiger partial charge is 0.244 e. The molecule has 2 nitrogen and oxygen atoms in total. The summed E-state index contributed by atoms with van der Waals surface area (Å²) in [6.45, 7) is 4.03. The van der Waals surface area contributed by atoms with Gasteiger partial charge in [-0.15, -0.1) is 0 Å². The van der Waals surface area contributed by atoms with Crippen LogP contribution in [0.3, 0.4) is 0 Å². The third-order valence-electron chi connectivity index (χ3n) is 2.32. The Hall–Kier alpha value is -1.09. The summed E-state index contributed by atoms with van der Waals surface area (Å²) < 4.78 is 0.989. The van der Waals surface area contributed by atoms with Crippen LogP contribution in [0.2, 0.25) is 0 Å². The fourth-order valence-corrected chi connectivity index (χ4v) is 1.59. The molecule has 0 fully saturated rings. The minimum atomic E-state index is -0.0508. The Bertz CT molecular complexity index is 387. The second-order valence-corrected chi connectivity index (χ2v) is 4.53. The van der Waals surface area contributed by atoms with E-state index in [2.05, 4.69) is 21.2 Å². The van der Waals surface area contributed by atoms with Crippen molar-refractivity contribution < 1.29 is 4.79 Å². The molecule has 1 aromatic rings. The molecule has 1 atom stereocenters. The van der Waals surface area contributed by atoms with E-state index in [1.54, 1.807) is 6.08 Å². The fraction of sp³-hybridized carbons (Fsp3) is 0.308. The van der Waals surface area contributed by atoms with Gasteiger partial charge in [0, 0.05) is 16.6 Å². The molecule has 0 heterocycles. The van der Waals surface area contributed by atoms with Gasteiger partial charge in [-0.05, 0) is 31.1 Å². The molecule has 0 radical (unpaired) electrons. The van der Waals surface area contributed by atoms with Gasteiger partial charge in [-0.3, -0.25) is 4.79 Å². The van der Waals surface area contributed by atoms with E-state index in [9.17, 15) is 4.79 Å². The lowest BCUT2D eigenvalue weighted by Crippen LogP contribution is -2.30. The molecule has 1 N–H and O–H groups in total. The molecule has 1 aromatic carbocycles. The second-order valence-electron chi connectivity index (χ2n) is 3.67. The Kier molecular flexibility index (Phi) is 5.26. The Morgan fingerprint density at radius 1 is 1.50 bits per heavy atom. The number of rotatable bonds is 4. The lowest BCUT2D eigenvalue weighted by atomic mass is 10.2. The first-order chi connectivity index (χ1) is 7.63. The Morgan fingerprint density at radius 2 is 2.19 bits per heavy atom. The van der Waals surface area contributed by atoms with Crippen molar-refractivity contribution in [1.29, 1.82) is 0 Å². The zero-order valence-corrected chi connectivity index (χ0v) is 11.1. The Morgan fingerprint density at radius 3 is 2.81 bits per heavy atom. The van der Waals surface area contributed by atoms with E-state index in [0.717, 1.165) is 16.5 Å². The first-order valence-electron chi connectivity index (χ1n) is 5.36. The van der Waals surface area contributed by atoms with Crippen molar-refractivity contribution in [3.05, 3.63) is 40.4 Å². The van der Waals surface area contributed by atoms with Crippen molar-refractivity contribution in [2.75, 3.05) is 0 Å². The van der Waals surface area contributed by atoms with Crippen LogP contribution in [0.1, 0.15) is 25.8 Å². The molecule has 0 aliphatic rings. The fourth-order valence-electron chi connectivity index (χ4n) is 1.17. The van der Waals surface area contributed by atoms with Crippen molar-refractivity contribution in [1.82, 2.24) is 5.32 Å². The van der Waals surface area contributed by atoms with Crippen molar-refractivity contribution in [2.24, 2.45) is 0 Å². The van der Waals surface area contributed by atoms with Crippen LogP contribution in [-0.2, 0) is 4.79 Å². The van der Waals surface area contributed by atoms with Crippen LogP contribution in [0, 0.1) is 0 Å². The third-order valence-corrected chi connectivity index (χ3v) is 3.04. The van der Waals surface area contributed by atoms with Gasteiger partial charge < -0.3 is 5.32 Å². The number of hydrogen-bond acceptors (Lipinski definition) is 1. The number of hydrogen-bond donors (Lipinski definition) is 1. The minimum absolute atomic E-state index is 0.0508. The summed E-state index contributed by atoms with van der Waals surface area (Å²) in [6.07, 6.45) is 4.31. The van der Waals surface area contributed by atoms with E-state index in [0.29, 0.717) is 0 Å². The molecule has 16 heavy (non-hydrogen) atoms. The molecular formula is C13H16BrNO. The maximum Gasteiger partial charge on any atom is 0.244 e. The summed E-state index contributed by atoms with van der Waals surface area (Å²) in [4.78, 5) is 11.5. The predicted octanol–water partition coefficient (Wildman–Crippen LogP) is 3.38. The third kappa shape index (κ3) is 4.19. The Balaban J connectivity index is 2.60. The summed E-state index contributed by atoms with van der Waals surface area (Å²) in [5.41, 5.74) is 1.00. The number of nitrogens with one attached hydrogen (secondary N) is 1. The highest BCUT2D eigenvalue weighted by Gasteiger charge is 2.01. The van der Waals surface area contributed by atoms with Crippen LogP contribution in [0.4, 0.5) is 0 Å². The minimum Gasteiger partial charge on any atom is -0.350 e. The standard InChI is InChI=1S/C13H16BrNO/c1-3-10(2)15-13(16)9-8-11-6-4-5-7-12(11)14/h4-10H,3H2,1-2H3,(H,15,16)/b9-8+/t10-/m1/s1. The lowest BCUT2D eigenvalue weighted by molar-refractivity contribution is -0.117. The molecule has 0 spiro atoms. The van der Waals surface area contributed by atoms with Crippen molar-refractivity contribution in [2.45, 2.75) is 26.3 Å². The van der Waals surface area contributed by atoms with E-state index in [4.69, 9.17) is 0 Å². The normalized spacial score (nSPS) is 12.7. The van der Waals surface area contributed by atoms with Gasteiger partial charge >= 0.3 is 0 Å². The summed E-state index contributed by atoms with van der Waals surface area (Å²) in [6, 6.07) is 8.01. The van der Waals surface area contributed by atoms with E-state index < -0.39 is 0 Å². The molecule has 0 aliphatic heterocycles. The van der Waals surface area contributed by atoms with Crippen LogP contribution in [0.15, 0.2) is 34.8 Å². The van der Waals surface area contributed by atoms with Crippen LogP contribution in [0.25, 0.3) is 6.08 Å². The molecule has 0 saturated carbocycles. The van der Waals surface area contributed by atoms with E-state index in [1.165, 1.54) is 0 Å². The summed E-state index contributed by atoms with van der Waals surface area (Å²) in [5.74, 6) is -0.0508. The lowest BCUT2D eigenvalue weighted by Gasteiger charge is -2.08. The molecule has 86 valence electrons. The van der Waals surface area contributed by atoms with Gasteiger partial charge in [0.1, 0.15) is 0 Å². The first-order valence-corrected chi connectivity index (χ1v) is 6.16. The topological polar surface area (TPSA) is 29.1 Å². The average Bonchev–Trinajstić information content (AvgIpc) is 2.28. The quantitative estimate of drug-likeness (QED) is 0.843. The van der Waals surface area contributed by atoms with Crippen LogP contribution in [0.5, 0.6) is 0 Å². The van der Waals surface area contributed by atoms with Gasteiger partial charge in [-0.25, -0.2) is 0 Å². The molecule has 1 amide bonds. The highest BCUT2D eigenvalue weighted by molar-refractivity contribution is 9.10. The van der Waals surface area contributed by atoms with Crippen molar-refractivity contribution in [3.63, 3.8) is 0 Å². The van der Waals surface area contributed by atoms with Crippen molar-refractivity contribution >= 4 is 27.9 Å². The van der Waals surface area contributed by atoms with Gasteiger partial charge in [0.2, 0.25) is 5.91 Å². The molecule has 0 bridgehead atoms. The maximum atomic E-state index is 11.5. The average molecular weight is 282 g/mol. The van der Waals surface area contributed by atoms with Gasteiger partial charge in [0.15, 0.2) is 0 Å². The zero-order valence-electron chi connectivity index (χ0n) is 9.53. The van der Waals surface area contributed by atoms with Crippen LogP contribution < -0.4 is 5.32 Å². The Labute approximate surface area is 105 Å². The molecule has 1 rings (SSSR count). The summed E-state index contributed by atoms with van der Waals surface area (Å²) >= 11 is 3.43. The van der Waals surface area contributed by atoms with E-state index in [-0.39, 0.29) is 11.9 Å². The van der Waals surface area contributed by atoms with E-state index in [1.807, 2.05) is 44.2 Å². The van der Waals surface area contributed by atoms with Gasteiger partial charge in [0.05, 0.1) is 0 Å². The molecule has 0 unspecified atom stereocenters. The van der Waals surface area contributed by atoms with Gasteiger partial charge in [-0.1, -0.05) is 41.1 Å². The van der Waals surface area contributed by atoms with Crippen LogP contribution >= 0.6 is 15.9 Å². The predicted molar refractivity (Wildman–Crippen MR) is 71.1 cm³/mol. The zero-order chi connectivity index (χ0) is 12.0. The van der Waals surface area contributed by atoms with Crippen molar-refractivity contribution in [3.8, 4) is 0 Å². The summed E-state index contributed by atoms with van der Waals surface area (Å²) in [7, 11) is 0. The molecule has 0 saturated heterocycles. The first kappa shape index (κ1) is 13.0. The molecule has 0 aromatic heterocycles.